The molecule has 2 fully saturated rings. The van der Waals surface area contributed by atoms with Crippen LogP contribution in [0, 0.1) is 0 Å². The first-order valence-corrected chi connectivity index (χ1v) is 16.3. The van der Waals surface area contributed by atoms with E-state index < -0.39 is 62.5 Å². The van der Waals surface area contributed by atoms with Crippen LogP contribution in [0.3, 0.4) is 0 Å². The molecule has 3 heterocycles. The zero-order valence-electron chi connectivity index (χ0n) is 24.4. The van der Waals surface area contributed by atoms with Crippen LogP contribution in [0.4, 0.5) is 16.2 Å². The average Bonchev–Trinajstić information content (AvgIpc) is 3.48. The van der Waals surface area contributed by atoms with Crippen LogP contribution in [0.25, 0.3) is 11.2 Å². The van der Waals surface area contributed by atoms with Gasteiger partial charge in [-0.15, -0.1) is 11.6 Å². The summed E-state index contributed by atoms with van der Waals surface area (Å²) in [7, 11) is -4.38. The first-order valence-electron chi connectivity index (χ1n) is 14.2. The number of alkyl halides is 2. The Balaban J connectivity index is 1.39. The maximum Gasteiger partial charge on any atom is 0.459 e. The number of rotatable bonds is 13. The number of hydrogen-bond acceptors (Lipinski definition) is 12. The number of halogens is 2. The van der Waals surface area contributed by atoms with Gasteiger partial charge in [-0.2, -0.15) is 15.1 Å². The fourth-order valence-corrected chi connectivity index (χ4v) is 6.64. The van der Waals surface area contributed by atoms with Gasteiger partial charge in [0.25, 0.3) is 0 Å². The smallest absolute Gasteiger partial charge is 0.459 e. The molecule has 0 radical (unpaired) electrons. The second-order valence-electron chi connectivity index (χ2n) is 11.1. The van der Waals surface area contributed by atoms with E-state index in [0.29, 0.717) is 11.3 Å². The zero-order valence-corrected chi connectivity index (χ0v) is 26.1. The Morgan fingerprint density at radius 2 is 2.02 bits per heavy atom. The van der Waals surface area contributed by atoms with E-state index in [4.69, 9.17) is 35.9 Å². The van der Waals surface area contributed by atoms with Crippen LogP contribution in [0.1, 0.15) is 46.3 Å². The van der Waals surface area contributed by atoms with Crippen LogP contribution < -0.4 is 20.7 Å². The molecule has 44 heavy (non-hydrogen) atoms. The minimum absolute atomic E-state index is 0.0582. The highest BCUT2D eigenvalue weighted by molar-refractivity contribution is 7.52. The van der Waals surface area contributed by atoms with E-state index in [1.165, 1.54) is 30.0 Å². The molecule has 0 bridgehead atoms. The molecule has 2 aliphatic rings. The van der Waals surface area contributed by atoms with E-state index in [-0.39, 0.29) is 23.4 Å². The summed E-state index contributed by atoms with van der Waals surface area (Å²) in [5.74, 6) is -0.646. The summed E-state index contributed by atoms with van der Waals surface area (Å²) in [6.45, 7) is 4.08. The molecule has 14 nitrogen and oxygen atoms in total. The van der Waals surface area contributed by atoms with E-state index >= 15 is 4.39 Å². The predicted molar refractivity (Wildman–Crippen MR) is 160 cm³/mol. The molecule has 1 aromatic carbocycles. The first-order chi connectivity index (χ1) is 20.9. The molecule has 5 rings (SSSR count). The molecule has 240 valence electrons. The number of benzene rings is 1. The summed E-state index contributed by atoms with van der Waals surface area (Å²) < 4.78 is 53.7. The Morgan fingerprint density at radius 1 is 1.30 bits per heavy atom. The van der Waals surface area contributed by atoms with Crippen LogP contribution in [0.2, 0.25) is 0 Å². The number of para-hydroxylation sites is 1. The Kier molecular flexibility index (Phi) is 9.64. The molecule has 1 aliphatic carbocycles. The Hall–Kier alpha value is -3.07. The Morgan fingerprint density at radius 3 is 2.66 bits per heavy atom. The molecule has 0 amide bonds. The molecule has 17 heteroatoms. The largest absolute Gasteiger partial charge is 0.462 e. The number of nitrogen functional groups attached to an aromatic ring is 1. The van der Waals surface area contributed by atoms with E-state index in [2.05, 4.69) is 25.4 Å². The van der Waals surface area contributed by atoms with Crippen LogP contribution in [-0.4, -0.2) is 79.1 Å². The van der Waals surface area contributed by atoms with Crippen molar-refractivity contribution in [3.05, 3.63) is 36.7 Å². The van der Waals surface area contributed by atoms with E-state index in [1.54, 1.807) is 32.0 Å². The maximum atomic E-state index is 15.8. The van der Waals surface area contributed by atoms with E-state index in [9.17, 15) is 14.5 Å². The second-order valence-corrected chi connectivity index (χ2v) is 13.1. The van der Waals surface area contributed by atoms with Gasteiger partial charge in [-0.25, -0.2) is 13.9 Å². The van der Waals surface area contributed by atoms with Crippen LogP contribution in [0.5, 0.6) is 5.75 Å². The third-order valence-corrected chi connectivity index (χ3v) is 9.43. The lowest BCUT2D eigenvalue weighted by Crippen LogP contribution is -2.48. The third-order valence-electron chi connectivity index (χ3n) is 7.36. The molecule has 5 N–H and O–H groups in total. The first kappa shape index (κ1) is 32.3. The number of carbonyl (C=O) groups is 1. The monoisotopic (exact) mass is 655 g/mol. The quantitative estimate of drug-likeness (QED) is 0.119. The molecule has 1 saturated carbocycles. The average molecular weight is 656 g/mol. The fourth-order valence-electron chi connectivity index (χ4n) is 4.79. The standard InChI is InChI=1S/C27H36ClFN7O7P/c1-15(2)41-25(38)16(3)35-44(39,43-18-10-5-4-6-11-18)40-13-27(12-28)21(37)19(29)24(42-27)36-14-31-20-22(32-17-8-7-9-17)33-26(30)34-23(20)36/h4-6,10-11,14-17,19,21,24,37H,7-9,12-13H2,1-3H3,(H,35,39)(H3,30,32,33,34)/t16-,19-,21-,24+,27+,44-/m0/s1. The number of fused-ring (bicyclic) bond motifs is 1. The highest BCUT2D eigenvalue weighted by Gasteiger charge is 2.57. The number of imidazole rings is 1. The molecule has 0 unspecified atom stereocenters. The molecule has 1 saturated heterocycles. The summed E-state index contributed by atoms with van der Waals surface area (Å²) in [6.07, 6.45) is -1.39. The minimum Gasteiger partial charge on any atom is -0.462 e. The highest BCUT2D eigenvalue weighted by Crippen LogP contribution is 2.49. The van der Waals surface area contributed by atoms with Gasteiger partial charge in [0.2, 0.25) is 5.95 Å². The summed E-state index contributed by atoms with van der Waals surface area (Å²) in [5.41, 5.74) is 4.60. The molecule has 3 aromatic rings. The predicted octanol–water partition coefficient (Wildman–Crippen LogP) is 3.71. The van der Waals surface area contributed by atoms with Gasteiger partial charge in [0.1, 0.15) is 23.5 Å². The molecular weight excluding hydrogens is 620 g/mol. The number of nitrogens with one attached hydrogen (secondary N) is 2. The summed E-state index contributed by atoms with van der Waals surface area (Å²) in [4.78, 5) is 25.3. The van der Waals surface area contributed by atoms with Gasteiger partial charge in [-0.1, -0.05) is 18.2 Å². The number of nitrogens with two attached hydrogens (primary N) is 1. The van der Waals surface area contributed by atoms with Crippen molar-refractivity contribution < 1.29 is 37.4 Å². The number of anilines is 2. The number of hydrogen-bond donors (Lipinski definition) is 4. The molecular formula is C27H36ClFN7O7P. The van der Waals surface area contributed by atoms with Gasteiger partial charge in [-0.05, 0) is 52.2 Å². The van der Waals surface area contributed by atoms with Crippen LogP contribution >= 0.6 is 19.3 Å². The van der Waals surface area contributed by atoms with Crippen LogP contribution in [-0.2, 0) is 23.4 Å². The van der Waals surface area contributed by atoms with Gasteiger partial charge >= 0.3 is 13.7 Å². The molecule has 6 atom stereocenters. The lowest BCUT2D eigenvalue weighted by molar-refractivity contribution is -0.149. The topological polar surface area (TPSA) is 185 Å². The Labute approximate surface area is 258 Å². The molecule has 1 aliphatic heterocycles. The molecule has 2 aromatic heterocycles. The van der Waals surface area contributed by atoms with Crippen molar-refractivity contribution in [2.45, 2.75) is 82.3 Å². The summed E-state index contributed by atoms with van der Waals surface area (Å²) in [6, 6.07) is 7.19. The molecule has 0 spiro atoms. The lowest BCUT2D eigenvalue weighted by atomic mass is 9.93. The summed E-state index contributed by atoms with van der Waals surface area (Å²) in [5, 5.41) is 16.9. The van der Waals surface area contributed by atoms with Crippen molar-refractivity contribution in [3.63, 3.8) is 0 Å². The zero-order chi connectivity index (χ0) is 31.6. The van der Waals surface area contributed by atoms with Crippen molar-refractivity contribution in [1.82, 2.24) is 24.6 Å². The second kappa shape index (κ2) is 13.1. The van der Waals surface area contributed by atoms with E-state index in [0.717, 1.165) is 19.3 Å². The van der Waals surface area contributed by atoms with Crippen molar-refractivity contribution >= 4 is 48.2 Å². The minimum atomic E-state index is -4.38. The number of aromatic nitrogens is 4. The van der Waals surface area contributed by atoms with Crippen molar-refractivity contribution in [2.24, 2.45) is 0 Å². The van der Waals surface area contributed by atoms with Gasteiger partial charge in [0.05, 0.1) is 24.9 Å². The highest BCUT2D eigenvalue weighted by atomic mass is 35.5. The normalized spacial score (nSPS) is 25.8. The number of nitrogens with zero attached hydrogens (tertiary/aromatic N) is 4. The number of aliphatic hydroxyl groups is 1. The van der Waals surface area contributed by atoms with Crippen molar-refractivity contribution in [3.8, 4) is 5.75 Å². The number of aliphatic hydroxyl groups excluding tert-OH is 1. The number of carbonyl (C=O) groups excluding carboxylic acids is 1. The Bertz CT molecular complexity index is 1510. The summed E-state index contributed by atoms with van der Waals surface area (Å²) >= 11 is 6.27. The van der Waals surface area contributed by atoms with Crippen molar-refractivity contribution in [1.29, 1.82) is 0 Å². The van der Waals surface area contributed by atoms with Gasteiger partial charge in [0, 0.05) is 6.04 Å². The van der Waals surface area contributed by atoms with Gasteiger partial charge in [0.15, 0.2) is 29.4 Å². The number of ether oxygens (including phenoxy) is 2. The third kappa shape index (κ3) is 6.77. The van der Waals surface area contributed by atoms with Gasteiger partial charge < -0.3 is 30.2 Å². The van der Waals surface area contributed by atoms with Crippen molar-refractivity contribution in [2.75, 3.05) is 23.5 Å². The lowest BCUT2D eigenvalue weighted by Gasteiger charge is -2.31. The van der Waals surface area contributed by atoms with E-state index in [1.807, 2.05) is 0 Å². The van der Waals surface area contributed by atoms with Gasteiger partial charge in [-0.3, -0.25) is 13.9 Å². The number of esters is 1. The SMILES string of the molecule is CC(C)OC(=O)[C@H](C)N[P@](=O)(OC[C@@]1(CCl)O[C@@H](n2cnc3c(NC4CCC4)nc(N)nc32)[C@@H](F)[C@@H]1O)Oc1ccccc1. The maximum absolute atomic E-state index is 15.8. The fraction of sp³-hybridized carbons (Fsp3) is 0.556. The van der Waals surface area contributed by atoms with Crippen LogP contribution in [0.15, 0.2) is 36.7 Å².